The molecule has 0 amide bonds. The van der Waals surface area contributed by atoms with Gasteiger partial charge in [0.05, 0.1) is 0 Å². The van der Waals surface area contributed by atoms with Crippen molar-refractivity contribution < 1.29 is 19.1 Å². The molecule has 148 valence electrons. The third kappa shape index (κ3) is 2.31. The number of hydrogen-bond donors (Lipinski definition) is 0. The predicted octanol–water partition coefficient (Wildman–Crippen LogP) is 5.32. The summed E-state index contributed by atoms with van der Waals surface area (Å²) in [6.45, 7) is 7.46. The van der Waals surface area contributed by atoms with E-state index in [0.717, 1.165) is 38.6 Å². The van der Waals surface area contributed by atoms with Gasteiger partial charge in [-0.2, -0.15) is 0 Å². The van der Waals surface area contributed by atoms with Gasteiger partial charge in [-0.05, 0) is 58.3 Å². The second kappa shape index (κ2) is 5.99. The van der Waals surface area contributed by atoms with Crippen LogP contribution in [0.2, 0.25) is 0 Å². The molecule has 0 fully saturated rings. The lowest BCUT2D eigenvalue weighted by molar-refractivity contribution is -0.131. The molecule has 4 heteroatoms. The molecule has 2 aliphatic carbocycles. The molecule has 0 atom stereocenters. The zero-order chi connectivity index (χ0) is 21.4. The largest absolute Gasteiger partial charge is 0.426 e. The Hall–Kier alpha value is -3.53. The first-order valence-electron chi connectivity index (χ1n) is 9.91. The summed E-state index contributed by atoms with van der Waals surface area (Å²) in [5.41, 5.74) is 5.10. The van der Waals surface area contributed by atoms with Crippen LogP contribution in [0, 0.1) is 6.92 Å². The fourth-order valence-corrected chi connectivity index (χ4v) is 4.94. The number of rotatable bonds is 1. The summed E-state index contributed by atoms with van der Waals surface area (Å²) in [5, 5.41) is 1.70. The van der Waals surface area contributed by atoms with E-state index in [9.17, 15) is 14.4 Å². The Morgan fingerprint density at radius 1 is 0.833 bits per heavy atom. The maximum atomic E-state index is 13.0. The van der Waals surface area contributed by atoms with Crippen LogP contribution in [-0.2, 0) is 10.2 Å². The number of carbonyl (C=O) groups is 3. The predicted molar refractivity (Wildman–Crippen MR) is 115 cm³/mol. The summed E-state index contributed by atoms with van der Waals surface area (Å²) in [4.78, 5) is 37.4. The summed E-state index contributed by atoms with van der Waals surface area (Å²) in [7, 11) is 0. The Morgan fingerprint density at radius 2 is 1.43 bits per heavy atom. The maximum Gasteiger partial charge on any atom is 0.308 e. The van der Waals surface area contributed by atoms with E-state index in [2.05, 4.69) is 13.8 Å². The van der Waals surface area contributed by atoms with Crippen molar-refractivity contribution in [3.05, 3.63) is 76.4 Å². The van der Waals surface area contributed by atoms with Gasteiger partial charge in [-0.25, -0.2) is 0 Å². The molecule has 0 aliphatic heterocycles. The zero-order valence-corrected chi connectivity index (χ0v) is 17.3. The van der Waals surface area contributed by atoms with E-state index in [0.29, 0.717) is 16.9 Å². The second-order valence-corrected chi connectivity index (χ2v) is 8.49. The van der Waals surface area contributed by atoms with Gasteiger partial charge in [-0.15, -0.1) is 0 Å². The first-order valence-corrected chi connectivity index (χ1v) is 9.91. The van der Waals surface area contributed by atoms with Gasteiger partial charge >= 0.3 is 5.97 Å². The Labute approximate surface area is 174 Å². The highest BCUT2D eigenvalue weighted by molar-refractivity contribution is 6.26. The van der Waals surface area contributed by atoms with Crippen LogP contribution in [0.3, 0.4) is 0 Å². The monoisotopic (exact) mass is 396 g/mol. The summed E-state index contributed by atoms with van der Waals surface area (Å²) < 4.78 is 5.55. The van der Waals surface area contributed by atoms with Crippen molar-refractivity contribution in [2.24, 2.45) is 0 Å². The first kappa shape index (κ1) is 18.5. The van der Waals surface area contributed by atoms with E-state index in [1.165, 1.54) is 19.1 Å². The van der Waals surface area contributed by atoms with Crippen molar-refractivity contribution in [1.82, 2.24) is 0 Å². The van der Waals surface area contributed by atoms with Crippen LogP contribution < -0.4 is 4.74 Å². The lowest BCUT2D eigenvalue weighted by atomic mass is 9.79. The van der Waals surface area contributed by atoms with Crippen molar-refractivity contribution in [2.45, 2.75) is 33.1 Å². The molecule has 0 spiro atoms. The minimum absolute atomic E-state index is 0.142. The number of allylic oxidation sites excluding steroid dienone is 2. The van der Waals surface area contributed by atoms with Gasteiger partial charge in [-0.3, -0.25) is 14.4 Å². The van der Waals surface area contributed by atoms with Crippen LogP contribution in [0.5, 0.6) is 5.75 Å². The minimum Gasteiger partial charge on any atom is -0.426 e. The average Bonchev–Trinajstić information content (AvgIpc) is 2.91. The van der Waals surface area contributed by atoms with Gasteiger partial charge in [0.1, 0.15) is 5.75 Å². The highest BCUT2D eigenvalue weighted by Gasteiger charge is 2.42. The highest BCUT2D eigenvalue weighted by atomic mass is 16.5. The maximum absolute atomic E-state index is 13.0. The second-order valence-electron chi connectivity index (χ2n) is 8.49. The summed E-state index contributed by atoms with van der Waals surface area (Å²) >= 11 is 0. The molecule has 4 nitrogen and oxygen atoms in total. The third-order valence-corrected chi connectivity index (χ3v) is 6.26. The SMILES string of the molecule is CC(=O)Oc1cc2c(c3ccccc13)-c1c(cc(C)c3c1C(=O)C=CC3=O)C2(C)C. The molecule has 0 bridgehead atoms. The number of fused-ring (bicyclic) bond motifs is 7. The van der Waals surface area contributed by atoms with Gasteiger partial charge in [0.25, 0.3) is 0 Å². The summed E-state index contributed by atoms with van der Waals surface area (Å²) in [6, 6.07) is 11.6. The van der Waals surface area contributed by atoms with Crippen molar-refractivity contribution >= 4 is 28.3 Å². The molecule has 0 N–H and O–H groups in total. The van der Waals surface area contributed by atoms with E-state index >= 15 is 0 Å². The molecular weight excluding hydrogens is 376 g/mol. The molecule has 3 aromatic rings. The standard InChI is InChI=1S/C26H20O4/c1-13-11-17-24(25-20(29)10-9-19(28)22(13)25)23-16-8-6-5-7-15(16)21(30-14(2)27)12-18(23)26(17,3)4/h5-12H,1-4H3. The number of aryl methyl sites for hydroxylation is 1. The smallest absolute Gasteiger partial charge is 0.308 e. The Balaban J connectivity index is 1.98. The zero-order valence-electron chi connectivity index (χ0n) is 17.3. The van der Waals surface area contributed by atoms with E-state index < -0.39 is 5.41 Å². The van der Waals surface area contributed by atoms with Crippen LogP contribution in [-0.4, -0.2) is 17.5 Å². The van der Waals surface area contributed by atoms with Crippen molar-refractivity contribution in [2.75, 3.05) is 0 Å². The average molecular weight is 396 g/mol. The molecule has 2 aliphatic rings. The van der Waals surface area contributed by atoms with Crippen LogP contribution in [0.25, 0.3) is 21.9 Å². The number of ether oxygens (including phenoxy) is 1. The van der Waals surface area contributed by atoms with E-state index in [4.69, 9.17) is 4.74 Å². The molecular formula is C26H20O4. The Bertz CT molecular complexity index is 1360. The molecule has 0 saturated carbocycles. The quantitative estimate of drug-likeness (QED) is 0.413. The van der Waals surface area contributed by atoms with Gasteiger partial charge < -0.3 is 4.74 Å². The third-order valence-electron chi connectivity index (χ3n) is 6.26. The number of ketones is 2. The molecule has 3 aromatic carbocycles. The van der Waals surface area contributed by atoms with Crippen LogP contribution >= 0.6 is 0 Å². The van der Waals surface area contributed by atoms with Gasteiger partial charge in [0.15, 0.2) is 11.6 Å². The van der Waals surface area contributed by atoms with Gasteiger partial charge in [0, 0.05) is 28.9 Å². The van der Waals surface area contributed by atoms with E-state index in [-0.39, 0.29) is 17.5 Å². The first-order chi connectivity index (χ1) is 14.2. The van der Waals surface area contributed by atoms with Gasteiger partial charge in [-0.1, -0.05) is 44.2 Å². The number of carbonyl (C=O) groups excluding carboxylic acids is 3. The Kier molecular flexibility index (Phi) is 3.69. The lowest BCUT2D eigenvalue weighted by Crippen LogP contribution is -2.19. The number of esters is 1. The summed E-state index contributed by atoms with van der Waals surface area (Å²) in [5.74, 6) is -0.170. The fourth-order valence-electron chi connectivity index (χ4n) is 4.94. The molecule has 0 radical (unpaired) electrons. The minimum atomic E-state index is -0.423. The normalized spacial score (nSPS) is 15.7. The summed E-state index contributed by atoms with van der Waals surface area (Å²) in [6.07, 6.45) is 2.72. The highest BCUT2D eigenvalue weighted by Crippen LogP contribution is 2.55. The molecule has 0 saturated heterocycles. The fraction of sp³-hybridized carbons (Fsp3) is 0.192. The van der Waals surface area contributed by atoms with Crippen LogP contribution in [0.4, 0.5) is 0 Å². The van der Waals surface area contributed by atoms with Crippen molar-refractivity contribution in [3.63, 3.8) is 0 Å². The molecule has 0 heterocycles. The van der Waals surface area contributed by atoms with Crippen LogP contribution in [0.15, 0.2) is 48.6 Å². The molecule has 0 aromatic heterocycles. The molecule has 30 heavy (non-hydrogen) atoms. The molecule has 0 unspecified atom stereocenters. The van der Waals surface area contributed by atoms with Gasteiger partial charge in [0.2, 0.25) is 0 Å². The topological polar surface area (TPSA) is 60.4 Å². The number of hydrogen-bond acceptors (Lipinski definition) is 4. The van der Waals surface area contributed by atoms with Crippen molar-refractivity contribution in [3.8, 4) is 16.9 Å². The van der Waals surface area contributed by atoms with Crippen LogP contribution in [0.1, 0.15) is 58.2 Å². The Morgan fingerprint density at radius 3 is 2.10 bits per heavy atom. The lowest BCUT2D eigenvalue weighted by Gasteiger charge is -2.24. The van der Waals surface area contributed by atoms with Crippen molar-refractivity contribution in [1.29, 1.82) is 0 Å². The number of benzene rings is 3. The molecule has 5 rings (SSSR count). The van der Waals surface area contributed by atoms with E-state index in [1.807, 2.05) is 43.3 Å². The van der Waals surface area contributed by atoms with E-state index in [1.54, 1.807) is 0 Å².